The zero-order valence-corrected chi connectivity index (χ0v) is 11.2. The van der Waals surface area contributed by atoms with Crippen LogP contribution in [0.25, 0.3) is 0 Å². The van der Waals surface area contributed by atoms with Crippen LogP contribution in [-0.4, -0.2) is 11.9 Å². The molecule has 2 nitrogen and oxygen atoms in total. The smallest absolute Gasteiger partial charge is 0.162 e. The van der Waals surface area contributed by atoms with Gasteiger partial charge in [0.05, 0.1) is 6.10 Å². The molecule has 0 aliphatic rings. The lowest BCUT2D eigenvalue weighted by Crippen LogP contribution is -2.14. The summed E-state index contributed by atoms with van der Waals surface area (Å²) in [5.41, 5.74) is 0.738. The Labute approximate surface area is 104 Å². The highest BCUT2D eigenvalue weighted by Gasteiger charge is 2.08. The molecular formula is C15H22O2. The van der Waals surface area contributed by atoms with Crippen LogP contribution in [0.3, 0.4) is 0 Å². The fraction of sp³-hybridized carbons (Fsp3) is 0.533. The van der Waals surface area contributed by atoms with Gasteiger partial charge in [-0.3, -0.25) is 4.79 Å². The fourth-order valence-corrected chi connectivity index (χ4v) is 1.89. The second-order valence-corrected chi connectivity index (χ2v) is 4.86. The van der Waals surface area contributed by atoms with Crippen LogP contribution in [0.1, 0.15) is 50.9 Å². The summed E-state index contributed by atoms with van der Waals surface area (Å²) in [7, 11) is 0. The van der Waals surface area contributed by atoms with E-state index in [1.54, 1.807) is 0 Å². The predicted octanol–water partition coefficient (Wildman–Crippen LogP) is 4.09. The van der Waals surface area contributed by atoms with Crippen molar-refractivity contribution in [2.45, 2.75) is 46.6 Å². The molecule has 1 atom stereocenters. The van der Waals surface area contributed by atoms with Gasteiger partial charge in [0, 0.05) is 12.0 Å². The number of carbonyl (C=O) groups excluding carboxylic acids is 1. The van der Waals surface area contributed by atoms with Crippen molar-refractivity contribution in [3.05, 3.63) is 29.8 Å². The van der Waals surface area contributed by atoms with Gasteiger partial charge in [0.15, 0.2) is 5.78 Å². The van der Waals surface area contributed by atoms with Crippen LogP contribution in [0.5, 0.6) is 5.75 Å². The Morgan fingerprint density at radius 1 is 1.29 bits per heavy atom. The van der Waals surface area contributed by atoms with E-state index in [0.29, 0.717) is 12.3 Å². The summed E-state index contributed by atoms with van der Waals surface area (Å²) >= 11 is 0. The molecule has 0 N–H and O–H groups in total. The van der Waals surface area contributed by atoms with Crippen LogP contribution in [0.2, 0.25) is 0 Å². The number of hydrogen-bond acceptors (Lipinski definition) is 2. The van der Waals surface area contributed by atoms with Gasteiger partial charge < -0.3 is 4.74 Å². The van der Waals surface area contributed by atoms with Gasteiger partial charge in [-0.25, -0.2) is 0 Å². The average Bonchev–Trinajstić information content (AvgIpc) is 2.27. The molecule has 0 aliphatic heterocycles. The summed E-state index contributed by atoms with van der Waals surface area (Å²) in [4.78, 5) is 11.6. The number of Topliss-reactive ketones (excluding diaryl/α,β-unsaturated/α-hetero) is 1. The SMILES string of the molecule is CCC(=O)c1cccc(OC(C)CC(C)C)c1. The van der Waals surface area contributed by atoms with Crippen molar-refractivity contribution < 1.29 is 9.53 Å². The molecule has 0 radical (unpaired) electrons. The van der Waals surface area contributed by atoms with E-state index in [4.69, 9.17) is 4.74 Å². The summed E-state index contributed by atoms with van der Waals surface area (Å²) in [5, 5.41) is 0. The highest BCUT2D eigenvalue weighted by atomic mass is 16.5. The van der Waals surface area contributed by atoms with Crippen LogP contribution in [-0.2, 0) is 0 Å². The Kier molecular flexibility index (Phi) is 5.20. The van der Waals surface area contributed by atoms with Gasteiger partial charge in [-0.05, 0) is 31.4 Å². The van der Waals surface area contributed by atoms with E-state index in [1.807, 2.05) is 31.2 Å². The molecule has 1 rings (SSSR count). The molecule has 0 amide bonds. The Morgan fingerprint density at radius 3 is 2.59 bits per heavy atom. The maximum absolute atomic E-state index is 11.6. The van der Waals surface area contributed by atoms with Gasteiger partial charge in [0.25, 0.3) is 0 Å². The molecule has 0 bridgehead atoms. The summed E-state index contributed by atoms with van der Waals surface area (Å²) < 4.78 is 5.81. The normalized spacial score (nSPS) is 12.5. The van der Waals surface area contributed by atoms with Gasteiger partial charge in [-0.1, -0.05) is 32.9 Å². The number of benzene rings is 1. The van der Waals surface area contributed by atoms with E-state index >= 15 is 0 Å². The molecule has 1 unspecified atom stereocenters. The Balaban J connectivity index is 2.68. The molecule has 1 aromatic rings. The topological polar surface area (TPSA) is 26.3 Å². The molecular weight excluding hydrogens is 212 g/mol. The zero-order valence-electron chi connectivity index (χ0n) is 11.2. The minimum atomic E-state index is 0.159. The highest BCUT2D eigenvalue weighted by Crippen LogP contribution is 2.18. The van der Waals surface area contributed by atoms with Crippen LogP contribution in [0, 0.1) is 5.92 Å². The Hall–Kier alpha value is -1.31. The molecule has 0 aliphatic carbocycles. The standard InChI is InChI=1S/C15H22O2/c1-5-15(16)13-7-6-8-14(10-13)17-12(4)9-11(2)3/h6-8,10-12H,5,9H2,1-4H3. The van der Waals surface area contributed by atoms with E-state index in [1.165, 1.54) is 0 Å². The molecule has 2 heteroatoms. The molecule has 0 heterocycles. The number of ketones is 1. The molecule has 94 valence electrons. The monoisotopic (exact) mass is 234 g/mol. The minimum absolute atomic E-state index is 0.159. The van der Waals surface area contributed by atoms with Gasteiger partial charge in [0.2, 0.25) is 0 Å². The Morgan fingerprint density at radius 2 is 2.00 bits per heavy atom. The number of hydrogen-bond donors (Lipinski definition) is 0. The van der Waals surface area contributed by atoms with Crippen molar-refractivity contribution in [2.24, 2.45) is 5.92 Å². The second kappa shape index (κ2) is 6.43. The lowest BCUT2D eigenvalue weighted by molar-refractivity contribution is 0.0987. The van der Waals surface area contributed by atoms with E-state index in [2.05, 4.69) is 20.8 Å². The molecule has 0 fully saturated rings. The van der Waals surface area contributed by atoms with Crippen LogP contribution in [0.15, 0.2) is 24.3 Å². The largest absolute Gasteiger partial charge is 0.491 e. The average molecular weight is 234 g/mol. The minimum Gasteiger partial charge on any atom is -0.491 e. The van der Waals surface area contributed by atoms with E-state index < -0.39 is 0 Å². The van der Waals surface area contributed by atoms with Gasteiger partial charge in [0.1, 0.15) is 5.75 Å². The van der Waals surface area contributed by atoms with E-state index in [9.17, 15) is 4.79 Å². The van der Waals surface area contributed by atoms with Crippen molar-refractivity contribution in [2.75, 3.05) is 0 Å². The highest BCUT2D eigenvalue weighted by molar-refractivity contribution is 5.96. The molecule has 17 heavy (non-hydrogen) atoms. The molecule has 0 saturated heterocycles. The summed E-state index contributed by atoms with van der Waals surface area (Å²) in [5.74, 6) is 1.56. The van der Waals surface area contributed by atoms with Crippen molar-refractivity contribution in [1.82, 2.24) is 0 Å². The molecule has 1 aromatic carbocycles. The Bertz CT molecular complexity index is 369. The first-order valence-corrected chi connectivity index (χ1v) is 6.32. The maximum atomic E-state index is 11.6. The van der Waals surface area contributed by atoms with Crippen molar-refractivity contribution >= 4 is 5.78 Å². The lowest BCUT2D eigenvalue weighted by atomic mass is 10.1. The maximum Gasteiger partial charge on any atom is 0.162 e. The third-order valence-corrected chi connectivity index (χ3v) is 2.62. The summed E-state index contributed by atoms with van der Waals surface area (Å²) in [6, 6.07) is 7.46. The van der Waals surface area contributed by atoms with Crippen LogP contribution in [0.4, 0.5) is 0 Å². The van der Waals surface area contributed by atoms with E-state index in [0.717, 1.165) is 17.7 Å². The summed E-state index contributed by atoms with van der Waals surface area (Å²) in [6.07, 6.45) is 1.73. The molecule has 0 aromatic heterocycles. The lowest BCUT2D eigenvalue weighted by Gasteiger charge is -2.16. The first-order valence-electron chi connectivity index (χ1n) is 6.32. The van der Waals surface area contributed by atoms with E-state index in [-0.39, 0.29) is 11.9 Å². The number of rotatable bonds is 6. The zero-order chi connectivity index (χ0) is 12.8. The van der Waals surface area contributed by atoms with Crippen molar-refractivity contribution in [1.29, 1.82) is 0 Å². The second-order valence-electron chi connectivity index (χ2n) is 4.86. The van der Waals surface area contributed by atoms with Gasteiger partial charge >= 0.3 is 0 Å². The van der Waals surface area contributed by atoms with Crippen molar-refractivity contribution in [3.63, 3.8) is 0 Å². The predicted molar refractivity (Wildman–Crippen MR) is 70.6 cm³/mol. The van der Waals surface area contributed by atoms with Gasteiger partial charge in [-0.2, -0.15) is 0 Å². The molecule has 0 spiro atoms. The van der Waals surface area contributed by atoms with Crippen molar-refractivity contribution in [3.8, 4) is 5.75 Å². The quantitative estimate of drug-likeness (QED) is 0.693. The van der Waals surface area contributed by atoms with Gasteiger partial charge in [-0.15, -0.1) is 0 Å². The number of ether oxygens (including phenoxy) is 1. The third-order valence-electron chi connectivity index (χ3n) is 2.62. The van der Waals surface area contributed by atoms with Crippen LogP contribution >= 0.6 is 0 Å². The molecule has 0 saturated carbocycles. The fourth-order valence-electron chi connectivity index (χ4n) is 1.89. The van der Waals surface area contributed by atoms with Crippen LogP contribution < -0.4 is 4.74 Å². The first kappa shape index (κ1) is 13.8. The summed E-state index contributed by atoms with van der Waals surface area (Å²) in [6.45, 7) is 8.29. The first-order chi connectivity index (χ1) is 8.02. The third kappa shape index (κ3) is 4.59. The number of carbonyl (C=O) groups is 1.